The second-order valence-corrected chi connectivity index (χ2v) is 15.7. The quantitative estimate of drug-likeness (QED) is 0.0754. The smallest absolute Gasteiger partial charge is 0.345 e. The molecule has 0 spiro atoms. The SMILES string of the molecule is CN(/C=C/CC(OC(=O)C(O)(c1cccs1)C1CC=CS1)C1CCC1)Cc1cccc(CCNCCc2ccc(O)c3[nH]c(=O)sc23)c1. The van der Waals surface area contributed by atoms with Crippen molar-refractivity contribution in [1.82, 2.24) is 15.2 Å². The second-order valence-electron chi connectivity index (χ2n) is 12.7. The molecule has 2 aromatic carbocycles. The van der Waals surface area contributed by atoms with E-state index in [0.29, 0.717) is 29.2 Å². The number of aromatic hydroxyl groups is 1. The Morgan fingerprint density at radius 2 is 2.00 bits per heavy atom. The van der Waals surface area contributed by atoms with Crippen LogP contribution >= 0.6 is 34.4 Å². The van der Waals surface area contributed by atoms with Crippen molar-refractivity contribution in [2.45, 2.75) is 68.4 Å². The van der Waals surface area contributed by atoms with E-state index in [4.69, 9.17) is 4.74 Å². The summed E-state index contributed by atoms with van der Waals surface area (Å²) in [6.45, 7) is 2.37. The van der Waals surface area contributed by atoms with E-state index in [1.807, 2.05) is 35.1 Å². The first kappa shape index (κ1) is 34.5. The molecule has 4 aromatic rings. The lowest BCUT2D eigenvalue weighted by Crippen LogP contribution is -2.47. The van der Waals surface area contributed by atoms with Gasteiger partial charge < -0.3 is 30.2 Å². The predicted octanol–water partition coefficient (Wildman–Crippen LogP) is 6.69. The highest BCUT2D eigenvalue weighted by atomic mass is 32.2. The minimum absolute atomic E-state index is 0.107. The number of phenols is 1. The van der Waals surface area contributed by atoms with Crippen LogP contribution in [0.4, 0.5) is 0 Å². The number of aromatic nitrogens is 1. The number of rotatable bonds is 16. The maximum Gasteiger partial charge on any atom is 0.345 e. The molecule has 4 N–H and O–H groups in total. The van der Waals surface area contributed by atoms with Gasteiger partial charge in [0, 0.05) is 24.9 Å². The number of thioether (sulfide) groups is 1. The molecule has 1 aliphatic heterocycles. The van der Waals surface area contributed by atoms with Crippen molar-refractivity contribution in [3.05, 3.63) is 109 Å². The number of aromatic amines is 1. The van der Waals surface area contributed by atoms with Crippen molar-refractivity contribution < 1.29 is 19.7 Å². The molecule has 2 aromatic heterocycles. The highest BCUT2D eigenvalue weighted by Crippen LogP contribution is 2.43. The summed E-state index contributed by atoms with van der Waals surface area (Å²) in [5, 5.41) is 28.9. The van der Waals surface area contributed by atoms with Gasteiger partial charge in [-0.05, 0) is 96.9 Å². The largest absolute Gasteiger partial charge is 0.506 e. The van der Waals surface area contributed by atoms with Crippen LogP contribution in [-0.4, -0.2) is 57.6 Å². The molecule has 6 rings (SSSR count). The number of thiophene rings is 1. The number of aliphatic hydroxyl groups is 1. The zero-order valence-corrected chi connectivity index (χ0v) is 29.5. The fraction of sp³-hybridized carbons (Fsp3) is 0.405. The number of hydrogen-bond donors (Lipinski definition) is 4. The number of benzene rings is 2. The molecule has 1 fully saturated rings. The van der Waals surface area contributed by atoms with Crippen LogP contribution in [0.15, 0.2) is 82.5 Å². The number of nitrogens with one attached hydrogen (secondary N) is 2. The Balaban J connectivity index is 0.980. The molecule has 2 aliphatic rings. The molecule has 1 aliphatic carbocycles. The Morgan fingerprint density at radius 3 is 2.75 bits per heavy atom. The van der Waals surface area contributed by atoms with Gasteiger partial charge >= 0.3 is 10.8 Å². The molecule has 0 bridgehead atoms. The van der Waals surface area contributed by atoms with Crippen LogP contribution < -0.4 is 10.2 Å². The Kier molecular flexibility index (Phi) is 11.4. The molecular formula is C37H43N3O5S3. The van der Waals surface area contributed by atoms with Crippen LogP contribution in [0.2, 0.25) is 0 Å². The molecular weight excluding hydrogens is 663 g/mol. The molecule has 3 atom stereocenters. The lowest BCUT2D eigenvalue weighted by atomic mass is 9.80. The molecule has 0 amide bonds. The molecule has 3 unspecified atom stereocenters. The lowest BCUT2D eigenvalue weighted by Gasteiger charge is -2.36. The predicted molar refractivity (Wildman–Crippen MR) is 197 cm³/mol. The third-order valence-electron chi connectivity index (χ3n) is 9.25. The average molecular weight is 706 g/mol. The number of H-pyrrole nitrogens is 1. The standard InChI is InChI=1S/C37H43N3O5S3/c1-40(20-4-11-30(27-9-3-10-27)45-35(42)37(44,31-12-5-21-46-31)32-13-6-22-47-32)24-26-8-2-7-25(23-26)16-18-38-19-17-28-14-15-29(41)33-34(28)48-36(43)39-33/h2,4-8,12,14-15,20-23,27,30,32,38,41,44H,3,9-11,13,16-19,24H2,1H3,(H,39,43)/b20-4+. The number of carbonyl (C=O) groups excluding carboxylic acids is 1. The number of phenolic OH excluding ortho intramolecular Hbond substituents is 1. The van der Waals surface area contributed by atoms with E-state index in [0.717, 1.165) is 73.3 Å². The van der Waals surface area contributed by atoms with Crippen LogP contribution in [-0.2, 0) is 34.5 Å². The van der Waals surface area contributed by atoms with E-state index in [-0.39, 0.29) is 22.0 Å². The van der Waals surface area contributed by atoms with Crippen molar-refractivity contribution in [1.29, 1.82) is 0 Å². The van der Waals surface area contributed by atoms with Crippen molar-refractivity contribution in [3.8, 4) is 5.75 Å². The third kappa shape index (κ3) is 8.09. The topological polar surface area (TPSA) is 115 Å². The minimum atomic E-state index is -1.66. The number of esters is 1. The van der Waals surface area contributed by atoms with Crippen molar-refractivity contribution in [2.75, 3.05) is 20.1 Å². The summed E-state index contributed by atoms with van der Waals surface area (Å²) in [5.74, 6) is -0.110. The van der Waals surface area contributed by atoms with Gasteiger partial charge in [0.1, 0.15) is 17.4 Å². The van der Waals surface area contributed by atoms with E-state index in [2.05, 4.69) is 58.8 Å². The van der Waals surface area contributed by atoms with Gasteiger partial charge in [0.2, 0.25) is 5.60 Å². The van der Waals surface area contributed by atoms with Crippen LogP contribution in [0.25, 0.3) is 10.2 Å². The summed E-state index contributed by atoms with van der Waals surface area (Å²) >= 11 is 4.03. The number of thiazole rings is 1. The Labute approximate surface area is 293 Å². The zero-order valence-electron chi connectivity index (χ0n) is 27.1. The van der Waals surface area contributed by atoms with Gasteiger partial charge in [-0.3, -0.25) is 4.79 Å². The lowest BCUT2D eigenvalue weighted by molar-refractivity contribution is -0.176. The molecule has 254 valence electrons. The third-order valence-corrected chi connectivity index (χ3v) is 12.4. The van der Waals surface area contributed by atoms with Crippen LogP contribution in [0.1, 0.15) is 53.7 Å². The van der Waals surface area contributed by atoms with E-state index < -0.39 is 11.6 Å². The summed E-state index contributed by atoms with van der Waals surface area (Å²) < 4.78 is 6.98. The minimum Gasteiger partial charge on any atom is -0.506 e. The highest BCUT2D eigenvalue weighted by molar-refractivity contribution is 8.03. The number of hydrogen-bond acceptors (Lipinski definition) is 10. The van der Waals surface area contributed by atoms with Gasteiger partial charge in [-0.15, -0.1) is 23.1 Å². The number of nitrogens with zero attached hydrogens (tertiary/aromatic N) is 1. The molecule has 0 radical (unpaired) electrons. The number of fused-ring (bicyclic) bond motifs is 1. The summed E-state index contributed by atoms with van der Waals surface area (Å²) in [5.41, 5.74) is 2.40. The Hall–Kier alpha value is -3.35. The van der Waals surface area contributed by atoms with Gasteiger partial charge in [0.25, 0.3) is 0 Å². The van der Waals surface area contributed by atoms with E-state index >= 15 is 0 Å². The van der Waals surface area contributed by atoms with Gasteiger partial charge in [-0.2, -0.15) is 0 Å². The zero-order chi connectivity index (χ0) is 33.5. The fourth-order valence-electron chi connectivity index (χ4n) is 6.37. The summed E-state index contributed by atoms with van der Waals surface area (Å²) in [4.78, 5) is 30.8. The molecule has 1 saturated carbocycles. The van der Waals surface area contributed by atoms with Crippen molar-refractivity contribution in [3.63, 3.8) is 0 Å². The number of carbonyl (C=O) groups is 1. The van der Waals surface area contributed by atoms with Crippen LogP contribution in [0.5, 0.6) is 5.75 Å². The van der Waals surface area contributed by atoms with E-state index in [9.17, 15) is 19.8 Å². The Morgan fingerprint density at radius 1 is 1.17 bits per heavy atom. The normalized spacial score (nSPS) is 18.2. The molecule has 0 saturated heterocycles. The molecule has 3 heterocycles. The monoisotopic (exact) mass is 705 g/mol. The Bertz CT molecular complexity index is 1790. The molecule has 8 nitrogen and oxygen atoms in total. The summed E-state index contributed by atoms with van der Waals surface area (Å²) in [6, 6.07) is 15.9. The first-order valence-corrected chi connectivity index (χ1v) is 19.2. The average Bonchev–Trinajstić information content (AvgIpc) is 3.84. The highest BCUT2D eigenvalue weighted by Gasteiger charge is 2.50. The molecule has 11 heteroatoms. The fourth-order valence-corrected chi connectivity index (χ4v) is 9.26. The van der Waals surface area contributed by atoms with Crippen molar-refractivity contribution in [2.24, 2.45) is 5.92 Å². The van der Waals surface area contributed by atoms with Gasteiger partial charge in [0.15, 0.2) is 0 Å². The summed E-state index contributed by atoms with van der Waals surface area (Å²) in [7, 11) is 2.05. The maximum absolute atomic E-state index is 13.6. The van der Waals surface area contributed by atoms with Crippen LogP contribution in [0, 0.1) is 5.92 Å². The number of ether oxygens (including phenoxy) is 1. The van der Waals surface area contributed by atoms with Crippen LogP contribution in [0.3, 0.4) is 0 Å². The van der Waals surface area contributed by atoms with Gasteiger partial charge in [-0.25, -0.2) is 4.79 Å². The van der Waals surface area contributed by atoms with E-state index in [1.165, 1.54) is 34.2 Å². The second kappa shape index (κ2) is 15.9. The maximum atomic E-state index is 13.6. The number of allylic oxidation sites excluding steroid dienone is 1. The van der Waals surface area contributed by atoms with E-state index in [1.54, 1.807) is 6.07 Å². The first-order valence-electron chi connectivity index (χ1n) is 16.6. The van der Waals surface area contributed by atoms with Gasteiger partial charge in [-0.1, -0.05) is 66.3 Å². The summed E-state index contributed by atoms with van der Waals surface area (Å²) in [6.07, 6.45) is 12.0. The van der Waals surface area contributed by atoms with Crippen molar-refractivity contribution >= 4 is 50.6 Å². The molecule has 48 heavy (non-hydrogen) atoms. The van der Waals surface area contributed by atoms with Gasteiger partial charge in [0.05, 0.1) is 9.95 Å². The first-order chi connectivity index (χ1) is 23.3.